The molecule has 0 unspecified atom stereocenters. The van der Waals surface area contributed by atoms with Crippen LogP contribution in [0, 0.1) is 0 Å². The lowest BCUT2D eigenvalue weighted by Crippen LogP contribution is -2.11. The molecule has 0 radical (unpaired) electrons. The fourth-order valence-electron chi connectivity index (χ4n) is 9.94. The second-order valence-corrected chi connectivity index (χ2v) is 17.6. The Kier molecular flexibility index (Phi) is 11.3. The Morgan fingerprint density at radius 2 is 0.629 bits per heavy atom. The standard InChI is InChI=1S/C68H47NO/c1-4-19-51(20-5-1)59-27-10-12-30-62(59)63-31-13-11-28-60(63)53-41-45-58(46-42-53)69(65-33-16-14-29-61(65)52-21-6-2-7-22-52)57-43-39-49(40-44-57)48-35-37-50(38-36-48)55-25-18-26-56(47-55)68-67(54-23-8-3-9-24-54)64-32-15-17-34-66(64)70-68/h1-47H. The number of nitrogens with zero attached hydrogens (tertiary/aromatic N) is 1. The van der Waals surface area contributed by atoms with Crippen LogP contribution < -0.4 is 4.90 Å². The minimum Gasteiger partial charge on any atom is -0.455 e. The van der Waals surface area contributed by atoms with E-state index in [9.17, 15) is 0 Å². The molecular weight excluding hydrogens is 847 g/mol. The Hall–Kier alpha value is -9.24. The minimum absolute atomic E-state index is 0.883. The first-order chi connectivity index (χ1) is 34.7. The second-order valence-electron chi connectivity index (χ2n) is 17.6. The largest absolute Gasteiger partial charge is 0.455 e. The summed E-state index contributed by atoms with van der Waals surface area (Å²) in [6.45, 7) is 0. The molecule has 12 aromatic rings. The molecule has 0 bridgehead atoms. The Labute approximate surface area is 409 Å². The zero-order chi connectivity index (χ0) is 46.6. The van der Waals surface area contributed by atoms with Gasteiger partial charge in [-0.2, -0.15) is 0 Å². The smallest absolute Gasteiger partial charge is 0.143 e. The molecule has 1 aromatic heterocycles. The Morgan fingerprint density at radius 3 is 1.21 bits per heavy atom. The van der Waals surface area contributed by atoms with Gasteiger partial charge in [0.2, 0.25) is 0 Å². The van der Waals surface area contributed by atoms with Crippen LogP contribution in [0.4, 0.5) is 17.1 Å². The van der Waals surface area contributed by atoms with Crippen molar-refractivity contribution in [1.29, 1.82) is 0 Å². The van der Waals surface area contributed by atoms with Crippen LogP contribution in [-0.2, 0) is 0 Å². The molecule has 0 aliphatic heterocycles. The lowest BCUT2D eigenvalue weighted by atomic mass is 9.89. The number of anilines is 3. The summed E-state index contributed by atoms with van der Waals surface area (Å²) in [6, 6.07) is 102. The lowest BCUT2D eigenvalue weighted by molar-refractivity contribution is 0.632. The van der Waals surface area contributed by atoms with Crippen molar-refractivity contribution in [3.05, 3.63) is 285 Å². The third-order valence-electron chi connectivity index (χ3n) is 13.4. The number of hydrogen-bond donors (Lipinski definition) is 0. The molecule has 70 heavy (non-hydrogen) atoms. The van der Waals surface area contributed by atoms with E-state index in [1.807, 2.05) is 12.1 Å². The molecule has 2 heteroatoms. The van der Waals surface area contributed by atoms with Crippen molar-refractivity contribution in [2.75, 3.05) is 4.90 Å². The summed E-state index contributed by atoms with van der Waals surface area (Å²) in [6.07, 6.45) is 0. The predicted octanol–water partition coefficient (Wildman–Crippen LogP) is 19.2. The first-order valence-electron chi connectivity index (χ1n) is 23.9. The second kappa shape index (κ2) is 18.8. The fraction of sp³-hybridized carbons (Fsp3) is 0. The molecule has 330 valence electrons. The van der Waals surface area contributed by atoms with Gasteiger partial charge in [-0.05, 0) is 109 Å². The van der Waals surface area contributed by atoms with E-state index in [0.29, 0.717) is 0 Å². The molecule has 12 rings (SSSR count). The molecule has 0 spiro atoms. The van der Waals surface area contributed by atoms with Gasteiger partial charge >= 0.3 is 0 Å². The van der Waals surface area contributed by atoms with Gasteiger partial charge in [-0.1, -0.05) is 243 Å². The molecule has 0 saturated carbocycles. The molecule has 11 aromatic carbocycles. The summed E-state index contributed by atoms with van der Waals surface area (Å²) in [7, 11) is 0. The molecule has 0 fully saturated rings. The highest BCUT2D eigenvalue weighted by Gasteiger charge is 2.20. The third kappa shape index (κ3) is 8.19. The van der Waals surface area contributed by atoms with Gasteiger partial charge in [0, 0.05) is 33.5 Å². The monoisotopic (exact) mass is 893 g/mol. The van der Waals surface area contributed by atoms with Crippen molar-refractivity contribution in [3.8, 4) is 89.2 Å². The summed E-state index contributed by atoms with van der Waals surface area (Å²) in [5, 5.41) is 1.12. The van der Waals surface area contributed by atoms with Gasteiger partial charge in [-0.15, -0.1) is 0 Å². The van der Waals surface area contributed by atoms with Crippen LogP contribution in [0.25, 0.3) is 100 Å². The van der Waals surface area contributed by atoms with E-state index in [1.165, 1.54) is 33.4 Å². The van der Waals surface area contributed by atoms with Gasteiger partial charge in [-0.25, -0.2) is 0 Å². The number of hydrogen-bond acceptors (Lipinski definition) is 2. The summed E-state index contributed by atoms with van der Waals surface area (Å²) < 4.78 is 6.58. The highest BCUT2D eigenvalue weighted by atomic mass is 16.3. The normalized spacial score (nSPS) is 11.1. The van der Waals surface area contributed by atoms with Gasteiger partial charge in [0.25, 0.3) is 0 Å². The quantitative estimate of drug-likeness (QED) is 0.129. The fourth-order valence-corrected chi connectivity index (χ4v) is 9.94. The van der Waals surface area contributed by atoms with E-state index >= 15 is 0 Å². The van der Waals surface area contributed by atoms with Crippen molar-refractivity contribution in [2.24, 2.45) is 0 Å². The first-order valence-corrected chi connectivity index (χ1v) is 23.9. The van der Waals surface area contributed by atoms with E-state index in [2.05, 4.69) is 278 Å². The topological polar surface area (TPSA) is 16.4 Å². The Morgan fingerprint density at radius 1 is 0.243 bits per heavy atom. The van der Waals surface area contributed by atoms with Crippen LogP contribution in [-0.4, -0.2) is 0 Å². The van der Waals surface area contributed by atoms with Crippen LogP contribution in [0.1, 0.15) is 0 Å². The summed E-state index contributed by atoms with van der Waals surface area (Å²) in [5.41, 5.74) is 21.6. The molecule has 0 saturated heterocycles. The van der Waals surface area contributed by atoms with E-state index < -0.39 is 0 Å². The van der Waals surface area contributed by atoms with Crippen molar-refractivity contribution in [2.45, 2.75) is 0 Å². The first kappa shape index (κ1) is 42.1. The maximum atomic E-state index is 6.58. The molecule has 0 amide bonds. The summed E-state index contributed by atoms with van der Waals surface area (Å²) >= 11 is 0. The van der Waals surface area contributed by atoms with Crippen molar-refractivity contribution in [3.63, 3.8) is 0 Å². The number of para-hydroxylation sites is 2. The van der Waals surface area contributed by atoms with E-state index in [4.69, 9.17) is 4.42 Å². The van der Waals surface area contributed by atoms with Crippen molar-refractivity contribution >= 4 is 28.0 Å². The maximum absolute atomic E-state index is 6.58. The molecule has 2 nitrogen and oxygen atoms in total. The van der Waals surface area contributed by atoms with Crippen LogP contribution in [0.2, 0.25) is 0 Å². The highest BCUT2D eigenvalue weighted by molar-refractivity contribution is 6.02. The van der Waals surface area contributed by atoms with Gasteiger partial charge in [0.15, 0.2) is 0 Å². The van der Waals surface area contributed by atoms with Crippen molar-refractivity contribution < 1.29 is 4.42 Å². The summed E-state index contributed by atoms with van der Waals surface area (Å²) in [4.78, 5) is 2.38. The molecule has 0 aliphatic carbocycles. The van der Waals surface area contributed by atoms with Gasteiger partial charge < -0.3 is 9.32 Å². The SMILES string of the molecule is c1ccc(-c2ccccc2-c2ccccc2-c2ccc(N(c3ccc(-c4ccc(-c5cccc(-c6oc7ccccc7c6-c6ccccc6)c5)cc4)cc3)c3ccccc3-c3ccccc3)cc2)cc1. The third-order valence-corrected chi connectivity index (χ3v) is 13.4. The lowest BCUT2D eigenvalue weighted by Gasteiger charge is -2.28. The molecule has 0 atom stereocenters. The number of rotatable bonds is 11. The number of benzene rings is 11. The van der Waals surface area contributed by atoms with Crippen LogP contribution in [0.3, 0.4) is 0 Å². The maximum Gasteiger partial charge on any atom is 0.143 e. The number of fused-ring (bicyclic) bond motifs is 1. The molecule has 0 N–H and O–H groups in total. The zero-order valence-electron chi connectivity index (χ0n) is 38.5. The van der Waals surface area contributed by atoms with Gasteiger partial charge in [0.05, 0.1) is 5.69 Å². The molecule has 1 heterocycles. The van der Waals surface area contributed by atoms with E-state index in [-0.39, 0.29) is 0 Å². The van der Waals surface area contributed by atoms with E-state index in [0.717, 1.165) is 83.9 Å². The average Bonchev–Trinajstić information content (AvgIpc) is 3.85. The minimum atomic E-state index is 0.883. The Balaban J connectivity index is 0.872. The van der Waals surface area contributed by atoms with Crippen LogP contribution in [0.5, 0.6) is 0 Å². The predicted molar refractivity (Wildman–Crippen MR) is 294 cm³/mol. The summed E-state index contributed by atoms with van der Waals surface area (Å²) in [5.74, 6) is 0.883. The molecular formula is C68H47NO. The van der Waals surface area contributed by atoms with Gasteiger partial charge in [-0.3, -0.25) is 0 Å². The average molecular weight is 894 g/mol. The van der Waals surface area contributed by atoms with Crippen LogP contribution in [0.15, 0.2) is 290 Å². The number of furan rings is 1. The van der Waals surface area contributed by atoms with Gasteiger partial charge in [0.1, 0.15) is 11.3 Å². The van der Waals surface area contributed by atoms with Crippen LogP contribution >= 0.6 is 0 Å². The zero-order valence-corrected chi connectivity index (χ0v) is 38.5. The molecule has 0 aliphatic rings. The highest BCUT2D eigenvalue weighted by Crippen LogP contribution is 2.45. The van der Waals surface area contributed by atoms with E-state index in [1.54, 1.807) is 0 Å². The Bertz CT molecular complexity index is 3720. The van der Waals surface area contributed by atoms with Crippen molar-refractivity contribution in [1.82, 2.24) is 0 Å².